The van der Waals surface area contributed by atoms with Crippen molar-refractivity contribution in [3.05, 3.63) is 36.2 Å². The number of nitrogens with zero attached hydrogens (tertiary/aromatic N) is 2. The minimum Gasteiger partial charge on any atom is -0.399 e. The van der Waals surface area contributed by atoms with Crippen molar-refractivity contribution < 1.29 is 0 Å². The number of anilines is 1. The van der Waals surface area contributed by atoms with E-state index in [0.29, 0.717) is 0 Å². The number of hydrogen-bond acceptors (Lipinski definition) is 2. The van der Waals surface area contributed by atoms with E-state index >= 15 is 0 Å². The second-order valence-electron chi connectivity index (χ2n) is 6.22. The quantitative estimate of drug-likeness (QED) is 0.851. The summed E-state index contributed by atoms with van der Waals surface area (Å²) in [6, 6.07) is 6.29. The summed E-state index contributed by atoms with van der Waals surface area (Å²) >= 11 is 0. The van der Waals surface area contributed by atoms with Gasteiger partial charge in [-0.25, -0.2) is 0 Å². The molecule has 1 aliphatic rings. The van der Waals surface area contributed by atoms with Crippen molar-refractivity contribution in [1.82, 2.24) is 9.78 Å². The first-order chi connectivity index (χ1) is 10.3. The van der Waals surface area contributed by atoms with Crippen LogP contribution >= 0.6 is 0 Å². The molecule has 1 aromatic carbocycles. The van der Waals surface area contributed by atoms with Crippen LogP contribution in [0.1, 0.15) is 44.6 Å². The fourth-order valence-corrected chi connectivity index (χ4v) is 3.34. The highest BCUT2D eigenvalue weighted by molar-refractivity contribution is 5.66. The summed E-state index contributed by atoms with van der Waals surface area (Å²) in [7, 11) is 0. The van der Waals surface area contributed by atoms with E-state index in [4.69, 9.17) is 5.73 Å². The fraction of sp³-hybridized carbons (Fsp3) is 0.500. The molecule has 112 valence electrons. The Bertz CT molecular complexity index is 594. The summed E-state index contributed by atoms with van der Waals surface area (Å²) in [4.78, 5) is 0. The number of aryl methyl sites for hydroxylation is 1. The SMILES string of the molecule is CCc1cc(-c2cnn(CC3CCCCC3)c2)ccc1N. The van der Waals surface area contributed by atoms with E-state index in [9.17, 15) is 0 Å². The Hall–Kier alpha value is -1.77. The maximum absolute atomic E-state index is 5.99. The van der Waals surface area contributed by atoms with Gasteiger partial charge in [-0.15, -0.1) is 0 Å². The molecule has 21 heavy (non-hydrogen) atoms. The molecule has 1 heterocycles. The zero-order valence-corrected chi connectivity index (χ0v) is 12.9. The van der Waals surface area contributed by atoms with Crippen LogP contribution in [0.2, 0.25) is 0 Å². The first-order valence-electron chi connectivity index (χ1n) is 8.17. The summed E-state index contributed by atoms with van der Waals surface area (Å²) in [5.74, 6) is 0.809. The Balaban J connectivity index is 1.74. The lowest BCUT2D eigenvalue weighted by Crippen LogP contribution is -2.14. The second-order valence-corrected chi connectivity index (χ2v) is 6.22. The predicted octanol–water partition coefficient (Wildman–Crippen LogP) is 4.28. The van der Waals surface area contributed by atoms with Crippen LogP contribution in [-0.4, -0.2) is 9.78 Å². The highest BCUT2D eigenvalue weighted by Gasteiger charge is 2.14. The van der Waals surface area contributed by atoms with Crippen LogP contribution in [0.25, 0.3) is 11.1 Å². The fourth-order valence-electron chi connectivity index (χ4n) is 3.34. The van der Waals surface area contributed by atoms with Gasteiger partial charge < -0.3 is 5.73 Å². The molecule has 3 rings (SSSR count). The van der Waals surface area contributed by atoms with Gasteiger partial charge >= 0.3 is 0 Å². The molecule has 3 heteroatoms. The van der Waals surface area contributed by atoms with Crippen LogP contribution in [0, 0.1) is 5.92 Å². The van der Waals surface area contributed by atoms with Crippen molar-refractivity contribution in [1.29, 1.82) is 0 Å². The standard InChI is InChI=1S/C18H25N3/c1-2-15-10-16(8-9-18(15)19)17-11-20-21(13-17)12-14-6-4-3-5-7-14/h8-11,13-14H,2-7,12,19H2,1H3. The van der Waals surface area contributed by atoms with E-state index < -0.39 is 0 Å². The van der Waals surface area contributed by atoms with Gasteiger partial charge in [0, 0.05) is 24.0 Å². The van der Waals surface area contributed by atoms with Crippen molar-refractivity contribution in [3.63, 3.8) is 0 Å². The molecule has 0 amide bonds. The monoisotopic (exact) mass is 283 g/mol. The van der Waals surface area contributed by atoms with E-state index in [1.54, 1.807) is 0 Å². The van der Waals surface area contributed by atoms with Gasteiger partial charge in [0.2, 0.25) is 0 Å². The number of rotatable bonds is 4. The van der Waals surface area contributed by atoms with Crippen molar-refractivity contribution in [2.75, 3.05) is 5.73 Å². The molecule has 0 atom stereocenters. The van der Waals surface area contributed by atoms with Crippen LogP contribution < -0.4 is 5.73 Å². The molecule has 3 nitrogen and oxygen atoms in total. The molecule has 0 radical (unpaired) electrons. The highest BCUT2D eigenvalue weighted by atomic mass is 15.3. The molecular weight excluding hydrogens is 258 g/mol. The smallest absolute Gasteiger partial charge is 0.0568 e. The Kier molecular flexibility index (Phi) is 4.28. The topological polar surface area (TPSA) is 43.8 Å². The van der Waals surface area contributed by atoms with Crippen molar-refractivity contribution in [2.24, 2.45) is 5.92 Å². The van der Waals surface area contributed by atoms with E-state index in [1.165, 1.54) is 48.8 Å². The summed E-state index contributed by atoms with van der Waals surface area (Å²) in [6.45, 7) is 3.21. The van der Waals surface area contributed by atoms with Gasteiger partial charge in [0.25, 0.3) is 0 Å². The summed E-state index contributed by atoms with van der Waals surface area (Å²) in [6.07, 6.45) is 12.0. The highest BCUT2D eigenvalue weighted by Crippen LogP contribution is 2.27. The summed E-state index contributed by atoms with van der Waals surface area (Å²) in [5.41, 5.74) is 10.5. The number of nitrogens with two attached hydrogens (primary N) is 1. The Morgan fingerprint density at radius 2 is 2.00 bits per heavy atom. The van der Waals surface area contributed by atoms with E-state index in [-0.39, 0.29) is 0 Å². The molecule has 0 spiro atoms. The first-order valence-corrected chi connectivity index (χ1v) is 8.17. The Morgan fingerprint density at radius 1 is 1.19 bits per heavy atom. The molecule has 1 aromatic heterocycles. The lowest BCUT2D eigenvalue weighted by atomic mass is 9.89. The zero-order valence-electron chi connectivity index (χ0n) is 12.9. The molecule has 1 fully saturated rings. The summed E-state index contributed by atoms with van der Waals surface area (Å²) in [5, 5.41) is 4.55. The molecule has 0 bridgehead atoms. The maximum Gasteiger partial charge on any atom is 0.0568 e. The van der Waals surface area contributed by atoms with Crippen LogP contribution in [0.4, 0.5) is 5.69 Å². The zero-order chi connectivity index (χ0) is 14.7. The van der Waals surface area contributed by atoms with Crippen molar-refractivity contribution >= 4 is 5.69 Å². The van der Waals surface area contributed by atoms with Crippen LogP contribution in [-0.2, 0) is 13.0 Å². The Morgan fingerprint density at radius 3 is 2.76 bits per heavy atom. The van der Waals surface area contributed by atoms with Crippen LogP contribution in [0.5, 0.6) is 0 Å². The second kappa shape index (κ2) is 6.33. The third kappa shape index (κ3) is 3.29. The lowest BCUT2D eigenvalue weighted by molar-refractivity contribution is 0.308. The van der Waals surface area contributed by atoms with Crippen LogP contribution in [0.3, 0.4) is 0 Å². The molecule has 2 N–H and O–H groups in total. The lowest BCUT2D eigenvalue weighted by Gasteiger charge is -2.21. The first kappa shape index (κ1) is 14.2. The predicted molar refractivity (Wildman–Crippen MR) is 88.0 cm³/mol. The third-order valence-electron chi connectivity index (χ3n) is 4.66. The van der Waals surface area contributed by atoms with Gasteiger partial charge in [0.05, 0.1) is 6.20 Å². The number of hydrogen-bond donors (Lipinski definition) is 1. The van der Waals surface area contributed by atoms with E-state index in [1.807, 2.05) is 12.3 Å². The Labute approximate surface area is 127 Å². The number of benzene rings is 1. The molecule has 0 unspecified atom stereocenters. The minimum atomic E-state index is 0.809. The maximum atomic E-state index is 5.99. The van der Waals surface area contributed by atoms with Crippen molar-refractivity contribution in [2.45, 2.75) is 52.0 Å². The van der Waals surface area contributed by atoms with Crippen LogP contribution in [0.15, 0.2) is 30.6 Å². The average Bonchev–Trinajstić information content (AvgIpc) is 2.97. The van der Waals surface area contributed by atoms with Crippen molar-refractivity contribution in [3.8, 4) is 11.1 Å². The number of aromatic nitrogens is 2. The number of nitrogen functional groups attached to an aromatic ring is 1. The summed E-state index contributed by atoms with van der Waals surface area (Å²) < 4.78 is 2.12. The van der Waals surface area contributed by atoms with Gasteiger partial charge in [-0.05, 0) is 48.4 Å². The van der Waals surface area contributed by atoms with Gasteiger partial charge in [-0.3, -0.25) is 4.68 Å². The molecular formula is C18H25N3. The molecule has 1 aliphatic carbocycles. The average molecular weight is 283 g/mol. The molecule has 0 saturated heterocycles. The van der Waals surface area contributed by atoms with E-state index in [2.05, 4.69) is 35.0 Å². The molecule has 0 aliphatic heterocycles. The molecule has 2 aromatic rings. The molecule has 1 saturated carbocycles. The minimum absolute atomic E-state index is 0.809. The van der Waals surface area contributed by atoms with Gasteiger partial charge in [0.1, 0.15) is 0 Å². The largest absolute Gasteiger partial charge is 0.399 e. The van der Waals surface area contributed by atoms with E-state index in [0.717, 1.165) is 24.6 Å². The van der Waals surface area contributed by atoms with Gasteiger partial charge in [-0.1, -0.05) is 32.3 Å². The van der Waals surface area contributed by atoms with Gasteiger partial charge in [0.15, 0.2) is 0 Å². The van der Waals surface area contributed by atoms with Gasteiger partial charge in [-0.2, -0.15) is 5.10 Å². The third-order valence-corrected chi connectivity index (χ3v) is 4.66. The normalized spacial score (nSPS) is 16.2.